The molecule has 3 rings (SSSR count). The molecule has 0 aliphatic rings. The largest absolute Gasteiger partial charge is 0.357 e. The lowest BCUT2D eigenvalue weighted by atomic mass is 10.2. The van der Waals surface area contributed by atoms with Crippen LogP contribution in [-0.2, 0) is 0 Å². The van der Waals surface area contributed by atoms with Crippen molar-refractivity contribution in [2.24, 2.45) is 0 Å². The van der Waals surface area contributed by atoms with Crippen LogP contribution in [0, 0.1) is 20.8 Å². The highest BCUT2D eigenvalue weighted by atomic mass is 16.2. The van der Waals surface area contributed by atoms with Gasteiger partial charge in [0.15, 0.2) is 5.65 Å². The molecule has 23 heavy (non-hydrogen) atoms. The van der Waals surface area contributed by atoms with E-state index in [4.69, 9.17) is 0 Å². The number of hydrogen-bond acceptors (Lipinski definition) is 4. The molecule has 0 spiro atoms. The number of carbonyl (C=O) groups excluding carboxylic acids is 2. The highest BCUT2D eigenvalue weighted by Gasteiger charge is 2.20. The number of aromatic nitrogens is 4. The zero-order valence-corrected chi connectivity index (χ0v) is 13.0. The van der Waals surface area contributed by atoms with Crippen molar-refractivity contribution < 1.29 is 9.59 Å². The fraction of sp³-hybridized carbons (Fsp3) is 0.200. The molecular formula is C15H16N6O2. The lowest BCUT2D eigenvalue weighted by molar-refractivity contribution is 0.0844. The molecule has 3 aromatic rings. The Morgan fingerprint density at radius 1 is 1.17 bits per heavy atom. The zero-order chi connectivity index (χ0) is 16.6. The first-order valence-electron chi connectivity index (χ1n) is 7.05. The normalized spacial score (nSPS) is 10.7. The van der Waals surface area contributed by atoms with E-state index in [0.717, 1.165) is 11.4 Å². The summed E-state index contributed by atoms with van der Waals surface area (Å²) in [6.45, 7) is 5.47. The van der Waals surface area contributed by atoms with E-state index >= 15 is 0 Å². The van der Waals surface area contributed by atoms with Crippen molar-refractivity contribution >= 4 is 17.5 Å². The van der Waals surface area contributed by atoms with Crippen LogP contribution < -0.4 is 10.9 Å². The van der Waals surface area contributed by atoms with E-state index in [1.165, 1.54) is 0 Å². The summed E-state index contributed by atoms with van der Waals surface area (Å²) >= 11 is 0. The van der Waals surface area contributed by atoms with Gasteiger partial charge in [-0.2, -0.15) is 5.10 Å². The third kappa shape index (κ3) is 2.66. The minimum absolute atomic E-state index is 0.337. The first kappa shape index (κ1) is 14.8. The number of carbonyl (C=O) groups is 2. The zero-order valence-electron chi connectivity index (χ0n) is 13.0. The summed E-state index contributed by atoms with van der Waals surface area (Å²) < 4.78 is 1.62. The van der Waals surface area contributed by atoms with Gasteiger partial charge in [-0.3, -0.25) is 20.4 Å². The average molecular weight is 312 g/mol. The standard InChI is InChI=1S/C15H16N6O2/c1-8-7-9(2)21-13(17-8)12(10(3)20-21)15(23)19-18-14(22)11-5-4-6-16-11/h4-7,16H,1-3H3,(H,18,22)(H,19,23). The maximum absolute atomic E-state index is 12.4. The minimum Gasteiger partial charge on any atom is -0.357 e. The highest BCUT2D eigenvalue weighted by molar-refractivity contribution is 6.02. The Morgan fingerprint density at radius 3 is 2.61 bits per heavy atom. The van der Waals surface area contributed by atoms with Gasteiger partial charge >= 0.3 is 0 Å². The Morgan fingerprint density at radius 2 is 1.91 bits per heavy atom. The fourth-order valence-corrected chi connectivity index (χ4v) is 2.41. The monoisotopic (exact) mass is 312 g/mol. The molecule has 0 saturated carbocycles. The van der Waals surface area contributed by atoms with E-state index in [1.54, 1.807) is 29.8 Å². The molecule has 8 heteroatoms. The Labute approximate surface area is 131 Å². The first-order valence-corrected chi connectivity index (χ1v) is 7.05. The second-order valence-corrected chi connectivity index (χ2v) is 5.23. The molecule has 0 radical (unpaired) electrons. The topological polar surface area (TPSA) is 104 Å². The summed E-state index contributed by atoms with van der Waals surface area (Å²) in [5.74, 6) is -0.896. The molecule has 0 saturated heterocycles. The number of fused-ring (bicyclic) bond motifs is 1. The van der Waals surface area contributed by atoms with Gasteiger partial charge in [0.05, 0.1) is 5.69 Å². The van der Waals surface area contributed by atoms with Crippen molar-refractivity contribution in [2.75, 3.05) is 0 Å². The van der Waals surface area contributed by atoms with E-state index in [-0.39, 0.29) is 0 Å². The Kier molecular flexibility index (Phi) is 3.57. The molecule has 3 aromatic heterocycles. The van der Waals surface area contributed by atoms with Crippen LogP contribution >= 0.6 is 0 Å². The van der Waals surface area contributed by atoms with Crippen LogP contribution in [0.2, 0.25) is 0 Å². The average Bonchev–Trinajstić information content (AvgIpc) is 3.12. The van der Waals surface area contributed by atoms with Gasteiger partial charge in [-0.05, 0) is 39.0 Å². The molecule has 3 N–H and O–H groups in total. The second kappa shape index (κ2) is 5.56. The number of rotatable bonds is 2. The molecule has 0 aliphatic carbocycles. The smallest absolute Gasteiger partial charge is 0.286 e. The molecule has 0 aromatic carbocycles. The van der Waals surface area contributed by atoms with Crippen LogP contribution in [-0.4, -0.2) is 31.4 Å². The van der Waals surface area contributed by atoms with Crippen molar-refractivity contribution in [3.8, 4) is 0 Å². The summed E-state index contributed by atoms with van der Waals surface area (Å²) in [6.07, 6.45) is 1.63. The maximum Gasteiger partial charge on any atom is 0.286 e. The van der Waals surface area contributed by atoms with Crippen molar-refractivity contribution in [2.45, 2.75) is 20.8 Å². The Balaban J connectivity index is 1.86. The third-order valence-corrected chi connectivity index (χ3v) is 3.43. The van der Waals surface area contributed by atoms with Crippen LogP contribution in [0.15, 0.2) is 24.4 Å². The van der Waals surface area contributed by atoms with Crippen LogP contribution in [0.4, 0.5) is 0 Å². The summed E-state index contributed by atoms with van der Waals surface area (Å²) in [5, 5.41) is 4.33. The summed E-state index contributed by atoms with van der Waals surface area (Å²) in [6, 6.07) is 5.19. The third-order valence-electron chi connectivity index (χ3n) is 3.43. The number of nitrogens with one attached hydrogen (secondary N) is 3. The molecule has 118 valence electrons. The van der Waals surface area contributed by atoms with Gasteiger partial charge in [0, 0.05) is 17.6 Å². The molecule has 3 heterocycles. The molecule has 0 bridgehead atoms. The van der Waals surface area contributed by atoms with Crippen LogP contribution in [0.25, 0.3) is 5.65 Å². The molecule has 0 aliphatic heterocycles. The number of hydrazine groups is 1. The fourth-order valence-electron chi connectivity index (χ4n) is 2.41. The van der Waals surface area contributed by atoms with Crippen molar-refractivity contribution in [3.63, 3.8) is 0 Å². The Hall–Kier alpha value is -3.16. The minimum atomic E-state index is -0.463. The van der Waals surface area contributed by atoms with E-state index < -0.39 is 11.8 Å². The van der Waals surface area contributed by atoms with Gasteiger partial charge in [-0.25, -0.2) is 9.50 Å². The maximum atomic E-state index is 12.4. The molecule has 2 amide bonds. The first-order chi connectivity index (χ1) is 11.0. The molecule has 0 atom stereocenters. The number of amides is 2. The summed E-state index contributed by atoms with van der Waals surface area (Å²) in [4.78, 5) is 31.4. The van der Waals surface area contributed by atoms with Crippen molar-refractivity contribution in [1.82, 2.24) is 30.4 Å². The van der Waals surface area contributed by atoms with Gasteiger partial charge in [0.1, 0.15) is 11.3 Å². The highest BCUT2D eigenvalue weighted by Crippen LogP contribution is 2.15. The molecular weight excluding hydrogens is 296 g/mol. The van der Waals surface area contributed by atoms with E-state index in [9.17, 15) is 9.59 Å². The van der Waals surface area contributed by atoms with Gasteiger partial charge in [-0.1, -0.05) is 0 Å². The number of hydrogen-bond donors (Lipinski definition) is 3. The van der Waals surface area contributed by atoms with E-state index in [2.05, 4.69) is 25.9 Å². The summed E-state index contributed by atoms with van der Waals surface area (Å²) in [7, 11) is 0. The quantitative estimate of drug-likeness (QED) is 0.615. The van der Waals surface area contributed by atoms with Crippen LogP contribution in [0.3, 0.4) is 0 Å². The van der Waals surface area contributed by atoms with E-state index in [0.29, 0.717) is 22.6 Å². The van der Waals surface area contributed by atoms with Gasteiger partial charge in [0.2, 0.25) is 0 Å². The number of aryl methyl sites for hydroxylation is 3. The van der Waals surface area contributed by atoms with Gasteiger partial charge in [-0.15, -0.1) is 0 Å². The SMILES string of the molecule is Cc1cc(C)n2nc(C)c(C(=O)NNC(=O)c3ccc[nH]3)c2n1. The second-order valence-electron chi connectivity index (χ2n) is 5.23. The molecule has 8 nitrogen and oxygen atoms in total. The number of H-pyrrole nitrogens is 1. The predicted octanol–water partition coefficient (Wildman–Crippen LogP) is 1.06. The van der Waals surface area contributed by atoms with Crippen LogP contribution in [0.5, 0.6) is 0 Å². The predicted molar refractivity (Wildman–Crippen MR) is 82.9 cm³/mol. The number of nitrogens with zero attached hydrogens (tertiary/aromatic N) is 3. The molecule has 0 fully saturated rings. The number of aromatic amines is 1. The lowest BCUT2D eigenvalue weighted by Gasteiger charge is -2.06. The van der Waals surface area contributed by atoms with Crippen molar-refractivity contribution in [3.05, 3.63) is 52.7 Å². The van der Waals surface area contributed by atoms with Crippen molar-refractivity contribution in [1.29, 1.82) is 0 Å². The molecule has 0 unspecified atom stereocenters. The lowest BCUT2D eigenvalue weighted by Crippen LogP contribution is -2.42. The van der Waals surface area contributed by atoms with Gasteiger partial charge in [0.25, 0.3) is 11.8 Å². The Bertz CT molecular complexity index is 894. The van der Waals surface area contributed by atoms with E-state index in [1.807, 2.05) is 19.9 Å². The van der Waals surface area contributed by atoms with Crippen LogP contribution in [0.1, 0.15) is 37.9 Å². The summed E-state index contributed by atoms with van der Waals surface area (Å²) in [5.41, 5.74) is 8.12. The van der Waals surface area contributed by atoms with Gasteiger partial charge < -0.3 is 4.98 Å².